The van der Waals surface area contributed by atoms with E-state index in [0.29, 0.717) is 5.92 Å². The molecule has 0 radical (unpaired) electrons. The zero-order valence-corrected chi connectivity index (χ0v) is 17.8. The second kappa shape index (κ2) is 10.1. The first kappa shape index (κ1) is 20.2. The zero-order chi connectivity index (χ0) is 19.1. The van der Waals surface area contributed by atoms with Crippen LogP contribution in [0.1, 0.15) is 39.5 Å². The second-order valence-corrected chi connectivity index (χ2v) is 8.09. The van der Waals surface area contributed by atoms with Gasteiger partial charge in [0.1, 0.15) is 12.1 Å². The highest BCUT2D eigenvalue weighted by molar-refractivity contribution is 7.96. The van der Waals surface area contributed by atoms with Crippen molar-refractivity contribution in [1.82, 2.24) is 14.7 Å². The second-order valence-electron chi connectivity index (χ2n) is 7.39. The third-order valence-corrected chi connectivity index (χ3v) is 5.74. The van der Waals surface area contributed by atoms with Gasteiger partial charge in [0, 0.05) is 43.8 Å². The van der Waals surface area contributed by atoms with Gasteiger partial charge in [-0.2, -0.15) is 0 Å². The molecule has 27 heavy (non-hydrogen) atoms. The summed E-state index contributed by atoms with van der Waals surface area (Å²) >= 11 is 1.71. The first-order valence-corrected chi connectivity index (χ1v) is 11.5. The minimum absolute atomic E-state index is 0.677. The van der Waals surface area contributed by atoms with E-state index in [1.165, 1.54) is 23.9 Å². The molecular formula is C21H33N5S. The number of benzene rings is 1. The van der Waals surface area contributed by atoms with Crippen molar-refractivity contribution < 1.29 is 0 Å². The van der Waals surface area contributed by atoms with E-state index in [-0.39, 0.29) is 0 Å². The number of piperidine rings is 1. The van der Waals surface area contributed by atoms with Crippen molar-refractivity contribution in [2.24, 2.45) is 5.92 Å². The Morgan fingerprint density at radius 1 is 1.22 bits per heavy atom. The van der Waals surface area contributed by atoms with Crippen LogP contribution in [0.3, 0.4) is 0 Å². The van der Waals surface area contributed by atoms with E-state index in [0.717, 1.165) is 56.9 Å². The van der Waals surface area contributed by atoms with Gasteiger partial charge in [-0.1, -0.05) is 25.8 Å². The monoisotopic (exact) mass is 387 g/mol. The van der Waals surface area contributed by atoms with Crippen LogP contribution in [-0.2, 0) is 0 Å². The summed E-state index contributed by atoms with van der Waals surface area (Å²) in [5.41, 5.74) is 2.33. The van der Waals surface area contributed by atoms with E-state index in [9.17, 15) is 0 Å². The first-order chi connectivity index (χ1) is 13.3. The molecule has 1 atom stereocenters. The van der Waals surface area contributed by atoms with Crippen molar-refractivity contribution in [3.05, 3.63) is 24.5 Å². The van der Waals surface area contributed by atoms with E-state index in [1.54, 1.807) is 18.3 Å². The standard InChI is InChI=1S/C21H33N5S/c1-4-10-25(11-5-2)18-8-9-20-19(13-18)21(23-16-22-20)26-12-6-7-17(15-26)14-24-27-3/h8-9,13,16-17,24H,4-7,10-12,14-15H2,1-3H3. The number of hydrogen-bond donors (Lipinski definition) is 1. The fourth-order valence-corrected chi connectivity index (χ4v) is 4.42. The number of aromatic nitrogens is 2. The van der Waals surface area contributed by atoms with Gasteiger partial charge in [-0.3, -0.25) is 4.72 Å². The van der Waals surface area contributed by atoms with Crippen LogP contribution in [0, 0.1) is 5.92 Å². The third kappa shape index (κ3) is 5.05. The topological polar surface area (TPSA) is 44.3 Å². The number of nitrogens with zero attached hydrogens (tertiary/aromatic N) is 4. The lowest BCUT2D eigenvalue weighted by Crippen LogP contribution is -2.39. The highest BCUT2D eigenvalue weighted by atomic mass is 32.2. The summed E-state index contributed by atoms with van der Waals surface area (Å²) in [5, 5.41) is 1.19. The average Bonchev–Trinajstić information content (AvgIpc) is 2.71. The molecule has 1 unspecified atom stereocenters. The predicted octanol–water partition coefficient (Wildman–Crippen LogP) is 4.34. The van der Waals surface area contributed by atoms with Crippen molar-refractivity contribution in [2.45, 2.75) is 39.5 Å². The molecule has 1 aliphatic rings. The van der Waals surface area contributed by atoms with E-state index in [4.69, 9.17) is 4.98 Å². The summed E-state index contributed by atoms with van der Waals surface area (Å²) in [7, 11) is 0. The number of hydrogen-bond acceptors (Lipinski definition) is 6. The quantitative estimate of drug-likeness (QED) is 0.646. The van der Waals surface area contributed by atoms with Crippen molar-refractivity contribution in [3.8, 4) is 0 Å². The molecule has 0 aliphatic carbocycles. The Labute approximate surface area is 168 Å². The fraction of sp³-hybridized carbons (Fsp3) is 0.619. The molecule has 5 nitrogen and oxygen atoms in total. The van der Waals surface area contributed by atoms with Gasteiger partial charge in [-0.25, -0.2) is 9.97 Å². The molecule has 0 saturated carbocycles. The van der Waals surface area contributed by atoms with Crippen molar-refractivity contribution in [1.29, 1.82) is 0 Å². The molecule has 2 heterocycles. The van der Waals surface area contributed by atoms with Gasteiger partial charge in [0.05, 0.1) is 5.52 Å². The molecule has 1 N–H and O–H groups in total. The summed E-state index contributed by atoms with van der Waals surface area (Å²) in [4.78, 5) is 14.2. The van der Waals surface area contributed by atoms with Gasteiger partial charge in [0.25, 0.3) is 0 Å². The van der Waals surface area contributed by atoms with Gasteiger partial charge >= 0.3 is 0 Å². The average molecular weight is 388 g/mol. The summed E-state index contributed by atoms with van der Waals surface area (Å²) in [6.45, 7) is 9.89. The Bertz CT molecular complexity index is 717. The van der Waals surface area contributed by atoms with Crippen molar-refractivity contribution in [2.75, 3.05) is 48.8 Å². The smallest absolute Gasteiger partial charge is 0.139 e. The fourth-order valence-electron chi connectivity index (χ4n) is 4.01. The zero-order valence-electron chi connectivity index (χ0n) is 16.9. The third-order valence-electron chi connectivity index (χ3n) is 5.28. The van der Waals surface area contributed by atoms with Gasteiger partial charge in [-0.15, -0.1) is 0 Å². The van der Waals surface area contributed by atoms with E-state index in [2.05, 4.69) is 57.8 Å². The minimum atomic E-state index is 0.677. The van der Waals surface area contributed by atoms with Crippen molar-refractivity contribution >= 4 is 34.4 Å². The Kier molecular flexibility index (Phi) is 7.59. The summed E-state index contributed by atoms with van der Waals surface area (Å²) in [6, 6.07) is 6.68. The lowest BCUT2D eigenvalue weighted by Gasteiger charge is -2.34. The minimum Gasteiger partial charge on any atom is -0.372 e. The normalized spacial score (nSPS) is 17.4. The molecular weight excluding hydrogens is 354 g/mol. The first-order valence-electron chi connectivity index (χ1n) is 10.3. The molecule has 1 saturated heterocycles. The van der Waals surface area contributed by atoms with Crippen LogP contribution in [0.5, 0.6) is 0 Å². The maximum atomic E-state index is 4.71. The Morgan fingerprint density at radius 2 is 2.04 bits per heavy atom. The summed E-state index contributed by atoms with van der Waals surface area (Å²) in [5.74, 6) is 1.78. The molecule has 6 heteroatoms. The Hall–Kier alpha value is -1.53. The lowest BCUT2D eigenvalue weighted by atomic mass is 9.98. The van der Waals surface area contributed by atoms with Gasteiger partial charge in [-0.05, 0) is 56.1 Å². The number of fused-ring (bicyclic) bond motifs is 1. The molecule has 3 rings (SSSR count). The number of rotatable bonds is 9. The van der Waals surface area contributed by atoms with E-state index >= 15 is 0 Å². The number of nitrogens with one attached hydrogen (secondary N) is 1. The van der Waals surface area contributed by atoms with Gasteiger partial charge < -0.3 is 9.80 Å². The molecule has 0 amide bonds. The summed E-state index contributed by atoms with van der Waals surface area (Å²) in [6.07, 6.45) is 8.65. The molecule has 1 aromatic heterocycles. The highest BCUT2D eigenvalue weighted by Crippen LogP contribution is 2.30. The molecule has 1 aliphatic heterocycles. The van der Waals surface area contributed by atoms with Crippen LogP contribution in [0.4, 0.5) is 11.5 Å². The molecule has 0 bridgehead atoms. The van der Waals surface area contributed by atoms with E-state index < -0.39 is 0 Å². The Balaban J connectivity index is 1.89. The van der Waals surface area contributed by atoms with Crippen LogP contribution >= 0.6 is 11.9 Å². The van der Waals surface area contributed by atoms with Crippen LogP contribution in [0.2, 0.25) is 0 Å². The van der Waals surface area contributed by atoms with Crippen LogP contribution in [0.25, 0.3) is 10.9 Å². The van der Waals surface area contributed by atoms with Gasteiger partial charge in [0.2, 0.25) is 0 Å². The Morgan fingerprint density at radius 3 is 2.78 bits per heavy atom. The largest absolute Gasteiger partial charge is 0.372 e. The molecule has 0 spiro atoms. The predicted molar refractivity (Wildman–Crippen MR) is 119 cm³/mol. The van der Waals surface area contributed by atoms with Crippen LogP contribution in [-0.4, -0.2) is 48.9 Å². The molecule has 148 valence electrons. The van der Waals surface area contributed by atoms with E-state index in [1.807, 2.05) is 0 Å². The number of anilines is 2. The maximum Gasteiger partial charge on any atom is 0.139 e. The highest BCUT2D eigenvalue weighted by Gasteiger charge is 2.22. The van der Waals surface area contributed by atoms with Gasteiger partial charge in [0.15, 0.2) is 0 Å². The lowest BCUT2D eigenvalue weighted by molar-refractivity contribution is 0.415. The SMILES string of the molecule is CCCN(CCC)c1ccc2ncnc(N3CCCC(CNSC)C3)c2c1. The van der Waals surface area contributed by atoms with Crippen molar-refractivity contribution in [3.63, 3.8) is 0 Å². The van der Waals surface area contributed by atoms with Crippen LogP contribution in [0.15, 0.2) is 24.5 Å². The maximum absolute atomic E-state index is 4.71. The molecule has 2 aromatic rings. The van der Waals surface area contributed by atoms with Crippen LogP contribution < -0.4 is 14.5 Å². The summed E-state index contributed by atoms with van der Waals surface area (Å²) < 4.78 is 3.43. The molecule has 1 aromatic carbocycles. The molecule has 1 fully saturated rings.